The molecule has 5 nitrogen and oxygen atoms in total. The highest BCUT2D eigenvalue weighted by atomic mass is 19.1. The third-order valence-electron chi connectivity index (χ3n) is 3.78. The van der Waals surface area contributed by atoms with Gasteiger partial charge in [0, 0.05) is 18.3 Å². The van der Waals surface area contributed by atoms with Crippen molar-refractivity contribution in [2.75, 3.05) is 17.2 Å². The Balaban J connectivity index is 1.67. The second-order valence-electron chi connectivity index (χ2n) is 5.80. The van der Waals surface area contributed by atoms with E-state index in [0.717, 1.165) is 17.7 Å². The Morgan fingerprint density at radius 3 is 2.62 bits per heavy atom. The predicted molar refractivity (Wildman–Crippen MR) is 99.8 cm³/mol. The van der Waals surface area contributed by atoms with E-state index >= 15 is 0 Å². The number of aryl methyl sites for hydroxylation is 1. The van der Waals surface area contributed by atoms with Gasteiger partial charge in [0.1, 0.15) is 17.7 Å². The van der Waals surface area contributed by atoms with Crippen molar-refractivity contribution in [1.29, 1.82) is 5.26 Å². The molecule has 0 aliphatic rings. The minimum absolute atomic E-state index is 0.235. The quantitative estimate of drug-likeness (QED) is 0.699. The zero-order valence-electron chi connectivity index (χ0n) is 14.3. The highest BCUT2D eigenvalue weighted by molar-refractivity contribution is 5.63. The number of hydrogen-bond donors (Lipinski definition) is 2. The summed E-state index contributed by atoms with van der Waals surface area (Å²) in [5.41, 5.74) is 3.05. The lowest BCUT2D eigenvalue weighted by Gasteiger charge is -2.11. The van der Waals surface area contributed by atoms with Gasteiger partial charge < -0.3 is 10.6 Å². The molecule has 0 atom stereocenters. The first kappa shape index (κ1) is 17.4. The average Bonchev–Trinajstić information content (AvgIpc) is 2.63. The van der Waals surface area contributed by atoms with Crippen LogP contribution in [0.15, 0.2) is 54.6 Å². The van der Waals surface area contributed by atoms with Gasteiger partial charge in [0.05, 0.1) is 11.3 Å². The van der Waals surface area contributed by atoms with Crippen LogP contribution < -0.4 is 10.6 Å². The number of halogens is 1. The largest absolute Gasteiger partial charge is 0.370 e. The Hall–Kier alpha value is -3.46. The summed E-state index contributed by atoms with van der Waals surface area (Å²) in [6.45, 7) is 2.55. The molecule has 0 saturated heterocycles. The van der Waals surface area contributed by atoms with Crippen molar-refractivity contribution in [3.63, 3.8) is 0 Å². The molecular weight excluding hydrogens is 329 g/mol. The molecule has 2 aromatic carbocycles. The van der Waals surface area contributed by atoms with Gasteiger partial charge in [0.2, 0.25) is 5.95 Å². The smallest absolute Gasteiger partial charge is 0.229 e. The van der Waals surface area contributed by atoms with Crippen LogP contribution >= 0.6 is 0 Å². The summed E-state index contributed by atoms with van der Waals surface area (Å²) in [5.74, 6) is 0.884. The minimum atomic E-state index is -0.235. The monoisotopic (exact) mass is 347 g/mol. The van der Waals surface area contributed by atoms with Crippen molar-refractivity contribution in [2.24, 2.45) is 0 Å². The summed E-state index contributed by atoms with van der Waals surface area (Å²) in [5, 5.41) is 15.5. The van der Waals surface area contributed by atoms with Crippen molar-refractivity contribution >= 4 is 17.5 Å². The highest BCUT2D eigenvalue weighted by Gasteiger charge is 2.06. The molecule has 0 amide bonds. The van der Waals surface area contributed by atoms with Crippen LogP contribution in [-0.4, -0.2) is 16.5 Å². The van der Waals surface area contributed by atoms with E-state index in [4.69, 9.17) is 0 Å². The molecule has 0 saturated carbocycles. The van der Waals surface area contributed by atoms with Crippen LogP contribution in [0.5, 0.6) is 0 Å². The number of benzene rings is 2. The maximum Gasteiger partial charge on any atom is 0.229 e. The molecule has 0 fully saturated rings. The second-order valence-corrected chi connectivity index (χ2v) is 5.80. The van der Waals surface area contributed by atoms with Gasteiger partial charge in [-0.05, 0) is 43.2 Å². The molecule has 0 radical (unpaired) electrons. The summed E-state index contributed by atoms with van der Waals surface area (Å²) in [4.78, 5) is 8.81. The van der Waals surface area contributed by atoms with E-state index in [1.54, 1.807) is 18.2 Å². The third kappa shape index (κ3) is 4.54. The van der Waals surface area contributed by atoms with Crippen LogP contribution in [0.25, 0.3) is 0 Å². The molecule has 3 rings (SSSR count). The molecule has 130 valence electrons. The molecule has 1 heterocycles. The first-order valence-electron chi connectivity index (χ1n) is 8.24. The maximum absolute atomic E-state index is 12.9. The number of aromatic nitrogens is 2. The molecule has 0 bridgehead atoms. The number of anilines is 3. The van der Waals surface area contributed by atoms with Gasteiger partial charge in [-0.3, -0.25) is 0 Å². The molecule has 0 unspecified atom stereocenters. The Morgan fingerprint density at radius 2 is 1.85 bits per heavy atom. The van der Waals surface area contributed by atoms with E-state index in [9.17, 15) is 9.65 Å². The summed E-state index contributed by atoms with van der Waals surface area (Å²) in [6.07, 6.45) is 0.753. The van der Waals surface area contributed by atoms with Crippen LogP contribution in [0.2, 0.25) is 0 Å². The second kappa shape index (κ2) is 8.08. The van der Waals surface area contributed by atoms with Crippen LogP contribution in [0.1, 0.15) is 16.8 Å². The molecule has 6 heteroatoms. The molecule has 3 aromatic rings. The zero-order chi connectivity index (χ0) is 18.4. The maximum atomic E-state index is 12.9. The summed E-state index contributed by atoms with van der Waals surface area (Å²) >= 11 is 0. The lowest BCUT2D eigenvalue weighted by Crippen LogP contribution is -2.09. The number of nitrogens with zero attached hydrogens (tertiary/aromatic N) is 3. The lowest BCUT2D eigenvalue weighted by molar-refractivity contribution is 0.627. The fourth-order valence-electron chi connectivity index (χ4n) is 2.51. The van der Waals surface area contributed by atoms with Crippen molar-refractivity contribution in [3.05, 3.63) is 77.2 Å². The Labute approximate surface area is 151 Å². The van der Waals surface area contributed by atoms with Gasteiger partial charge in [-0.1, -0.05) is 24.3 Å². The van der Waals surface area contributed by atoms with E-state index in [-0.39, 0.29) is 5.82 Å². The first-order valence-corrected chi connectivity index (χ1v) is 8.24. The van der Waals surface area contributed by atoms with E-state index < -0.39 is 0 Å². The lowest BCUT2D eigenvalue weighted by atomic mass is 10.1. The first-order chi connectivity index (χ1) is 12.6. The van der Waals surface area contributed by atoms with Crippen molar-refractivity contribution in [1.82, 2.24) is 9.97 Å². The summed E-state index contributed by atoms with van der Waals surface area (Å²) in [6, 6.07) is 17.7. The van der Waals surface area contributed by atoms with Gasteiger partial charge in [0.15, 0.2) is 0 Å². The van der Waals surface area contributed by atoms with Crippen LogP contribution in [-0.2, 0) is 6.42 Å². The number of nitriles is 1. The van der Waals surface area contributed by atoms with Gasteiger partial charge in [-0.2, -0.15) is 10.2 Å². The van der Waals surface area contributed by atoms with Crippen molar-refractivity contribution in [3.8, 4) is 6.07 Å². The average molecular weight is 347 g/mol. The van der Waals surface area contributed by atoms with Crippen LogP contribution in [0.3, 0.4) is 0 Å². The highest BCUT2D eigenvalue weighted by Crippen LogP contribution is 2.19. The third-order valence-corrected chi connectivity index (χ3v) is 3.78. The number of nitrogens with one attached hydrogen (secondary N) is 2. The van der Waals surface area contributed by atoms with E-state index in [1.807, 2.05) is 31.2 Å². The molecule has 26 heavy (non-hydrogen) atoms. The van der Waals surface area contributed by atoms with Gasteiger partial charge in [0.25, 0.3) is 0 Å². The normalized spacial score (nSPS) is 10.2. The van der Waals surface area contributed by atoms with Crippen molar-refractivity contribution < 1.29 is 4.39 Å². The van der Waals surface area contributed by atoms with Gasteiger partial charge >= 0.3 is 0 Å². The van der Waals surface area contributed by atoms with Crippen molar-refractivity contribution in [2.45, 2.75) is 13.3 Å². The zero-order valence-corrected chi connectivity index (χ0v) is 14.3. The van der Waals surface area contributed by atoms with Gasteiger partial charge in [-0.25, -0.2) is 9.37 Å². The molecule has 0 aliphatic heterocycles. The van der Waals surface area contributed by atoms with E-state index in [0.29, 0.717) is 29.6 Å². The molecule has 2 N–H and O–H groups in total. The summed E-state index contributed by atoms with van der Waals surface area (Å²) < 4.78 is 12.9. The van der Waals surface area contributed by atoms with E-state index in [2.05, 4.69) is 26.7 Å². The number of hydrogen-bond acceptors (Lipinski definition) is 5. The topological polar surface area (TPSA) is 73.6 Å². The fraction of sp³-hybridized carbons (Fsp3) is 0.150. The number of para-hydroxylation sites is 1. The Bertz CT molecular complexity index is 932. The minimum Gasteiger partial charge on any atom is -0.370 e. The van der Waals surface area contributed by atoms with Gasteiger partial charge in [-0.15, -0.1) is 0 Å². The SMILES string of the molecule is Cc1cc(NCCc2ccc(F)cc2)nc(Nc2ccccc2C#N)n1. The number of rotatable bonds is 6. The molecule has 1 aromatic heterocycles. The Morgan fingerprint density at radius 1 is 1.08 bits per heavy atom. The fourth-order valence-corrected chi connectivity index (χ4v) is 2.51. The Kier molecular flexibility index (Phi) is 5.40. The van der Waals surface area contributed by atoms with Crippen LogP contribution in [0, 0.1) is 24.1 Å². The molecular formula is C20H18FN5. The molecule has 0 spiro atoms. The molecule has 0 aliphatic carbocycles. The standard InChI is InChI=1S/C20H18FN5/c1-14-12-19(23-11-10-15-6-8-17(21)9-7-15)26-20(24-14)25-18-5-3-2-4-16(18)13-22/h2-9,12H,10-11H2,1H3,(H2,23,24,25,26). The van der Waals surface area contributed by atoms with Crippen LogP contribution in [0.4, 0.5) is 21.8 Å². The summed E-state index contributed by atoms with van der Waals surface area (Å²) in [7, 11) is 0. The predicted octanol–water partition coefficient (Wildman–Crippen LogP) is 4.19. The van der Waals surface area contributed by atoms with E-state index in [1.165, 1.54) is 12.1 Å².